The highest BCUT2D eigenvalue weighted by atomic mass is 16.4. The van der Waals surface area contributed by atoms with Crippen LogP contribution in [0.15, 0.2) is 54.6 Å². The number of hydrogen-bond donors (Lipinski definition) is 2. The number of rotatable bonds is 7. The third-order valence-electron chi connectivity index (χ3n) is 3.78. The smallest absolute Gasteiger partial charge is 0.330 e. The maximum absolute atomic E-state index is 12.4. The van der Waals surface area contributed by atoms with Gasteiger partial charge in [0.05, 0.1) is 0 Å². The Morgan fingerprint density at radius 1 is 1.08 bits per heavy atom. The van der Waals surface area contributed by atoms with Gasteiger partial charge in [-0.1, -0.05) is 37.3 Å². The minimum Gasteiger partial charge on any atom is -0.479 e. The van der Waals surface area contributed by atoms with E-state index >= 15 is 0 Å². The Morgan fingerprint density at radius 2 is 1.71 bits per heavy atom. The first-order valence-corrected chi connectivity index (χ1v) is 7.92. The average Bonchev–Trinajstić information content (AvgIpc) is 2.60. The molecular weight excluding hydrogens is 304 g/mol. The molecule has 24 heavy (non-hydrogen) atoms. The molecule has 0 aliphatic rings. The van der Waals surface area contributed by atoms with Gasteiger partial charge in [0, 0.05) is 24.8 Å². The summed E-state index contributed by atoms with van der Waals surface area (Å²) in [5, 5.41) is 11.9. The van der Waals surface area contributed by atoms with Crippen molar-refractivity contribution in [2.75, 3.05) is 18.5 Å². The molecule has 126 valence electrons. The maximum atomic E-state index is 12.4. The normalized spacial score (nSPS) is 11.6. The summed E-state index contributed by atoms with van der Waals surface area (Å²) in [7, 11) is 1.99. The van der Waals surface area contributed by atoms with Gasteiger partial charge in [-0.15, -0.1) is 0 Å². The molecule has 0 aromatic heterocycles. The molecule has 0 unspecified atom stereocenters. The molecule has 0 aliphatic heterocycles. The highest BCUT2D eigenvalue weighted by Gasteiger charge is 2.22. The van der Waals surface area contributed by atoms with Gasteiger partial charge in [0.15, 0.2) is 6.04 Å². The van der Waals surface area contributed by atoms with Crippen LogP contribution >= 0.6 is 0 Å². The summed E-state index contributed by atoms with van der Waals surface area (Å²) in [5.41, 5.74) is 2.00. The monoisotopic (exact) mass is 326 g/mol. The fraction of sp³-hybridized carbons (Fsp3) is 0.263. The van der Waals surface area contributed by atoms with Crippen molar-refractivity contribution in [3.63, 3.8) is 0 Å². The van der Waals surface area contributed by atoms with E-state index in [1.807, 2.05) is 19.2 Å². The number of carbonyl (C=O) groups is 2. The SMILES string of the molecule is CCCN(C)c1ccc(C(=O)N[C@@H](C(=O)O)c2ccccc2)cc1. The van der Waals surface area contributed by atoms with Gasteiger partial charge in [-0.25, -0.2) is 4.79 Å². The number of amides is 1. The number of anilines is 1. The Balaban J connectivity index is 2.12. The third-order valence-corrected chi connectivity index (χ3v) is 3.78. The van der Waals surface area contributed by atoms with Crippen molar-refractivity contribution in [1.29, 1.82) is 0 Å². The molecule has 0 bridgehead atoms. The van der Waals surface area contributed by atoms with E-state index in [-0.39, 0.29) is 0 Å². The molecule has 0 saturated carbocycles. The van der Waals surface area contributed by atoms with Gasteiger partial charge in [-0.2, -0.15) is 0 Å². The summed E-state index contributed by atoms with van der Waals surface area (Å²) in [6.07, 6.45) is 1.04. The van der Waals surface area contributed by atoms with Crippen molar-refractivity contribution in [3.8, 4) is 0 Å². The summed E-state index contributed by atoms with van der Waals surface area (Å²) < 4.78 is 0. The second-order valence-corrected chi connectivity index (χ2v) is 5.62. The standard InChI is InChI=1S/C19H22N2O3/c1-3-13-21(2)16-11-9-15(10-12-16)18(22)20-17(19(23)24)14-7-5-4-6-8-14/h4-12,17H,3,13H2,1-2H3,(H,20,22)(H,23,24)/t17-/m1/s1. The summed E-state index contributed by atoms with van der Waals surface area (Å²) >= 11 is 0. The van der Waals surface area contributed by atoms with Crippen LogP contribution in [0.3, 0.4) is 0 Å². The summed E-state index contributed by atoms with van der Waals surface area (Å²) in [6, 6.07) is 14.7. The zero-order valence-electron chi connectivity index (χ0n) is 13.9. The fourth-order valence-corrected chi connectivity index (χ4v) is 2.48. The first kappa shape index (κ1) is 17.5. The number of nitrogens with zero attached hydrogens (tertiary/aromatic N) is 1. The van der Waals surface area contributed by atoms with E-state index in [0.29, 0.717) is 11.1 Å². The predicted octanol–water partition coefficient (Wildman–Crippen LogP) is 3.09. The number of carbonyl (C=O) groups excluding carboxylic acids is 1. The predicted molar refractivity (Wildman–Crippen MR) is 94.3 cm³/mol. The average molecular weight is 326 g/mol. The minimum absolute atomic E-state index is 0.407. The highest BCUT2D eigenvalue weighted by molar-refractivity contribution is 5.97. The molecule has 0 saturated heterocycles. The Kier molecular flexibility index (Phi) is 5.95. The molecule has 0 aliphatic carbocycles. The molecule has 2 rings (SSSR count). The van der Waals surface area contributed by atoms with Crippen LogP contribution in [-0.2, 0) is 4.79 Å². The third kappa shape index (κ3) is 4.35. The highest BCUT2D eigenvalue weighted by Crippen LogP contribution is 2.17. The van der Waals surface area contributed by atoms with Crippen LogP contribution < -0.4 is 10.2 Å². The van der Waals surface area contributed by atoms with E-state index in [9.17, 15) is 14.7 Å². The lowest BCUT2D eigenvalue weighted by atomic mass is 10.1. The molecule has 5 heteroatoms. The van der Waals surface area contributed by atoms with Crippen molar-refractivity contribution in [2.45, 2.75) is 19.4 Å². The van der Waals surface area contributed by atoms with Gasteiger partial charge >= 0.3 is 5.97 Å². The van der Waals surface area contributed by atoms with Gasteiger partial charge in [0.1, 0.15) is 0 Å². The van der Waals surface area contributed by atoms with Crippen LogP contribution in [0, 0.1) is 0 Å². The second-order valence-electron chi connectivity index (χ2n) is 5.62. The molecule has 0 spiro atoms. The molecule has 0 fully saturated rings. The number of carboxylic acid groups (broad SMARTS) is 1. The number of aliphatic carboxylic acids is 1. The van der Waals surface area contributed by atoms with Crippen LogP contribution in [0.4, 0.5) is 5.69 Å². The van der Waals surface area contributed by atoms with Crippen LogP contribution in [0.1, 0.15) is 35.3 Å². The van der Waals surface area contributed by atoms with Gasteiger partial charge in [0.25, 0.3) is 5.91 Å². The van der Waals surface area contributed by atoms with E-state index < -0.39 is 17.9 Å². The van der Waals surface area contributed by atoms with Gasteiger partial charge in [-0.05, 0) is 36.2 Å². The lowest BCUT2D eigenvalue weighted by Gasteiger charge is -2.19. The second kappa shape index (κ2) is 8.15. The van der Waals surface area contributed by atoms with Crippen molar-refractivity contribution in [3.05, 3.63) is 65.7 Å². The zero-order chi connectivity index (χ0) is 17.5. The fourth-order valence-electron chi connectivity index (χ4n) is 2.48. The molecular formula is C19H22N2O3. The number of nitrogens with one attached hydrogen (secondary N) is 1. The lowest BCUT2D eigenvalue weighted by Crippen LogP contribution is -2.33. The molecule has 2 N–H and O–H groups in total. The minimum atomic E-state index is -1.09. The van der Waals surface area contributed by atoms with Crippen LogP contribution in [0.2, 0.25) is 0 Å². The zero-order valence-corrected chi connectivity index (χ0v) is 13.9. The molecule has 2 aromatic rings. The van der Waals surface area contributed by atoms with E-state index in [4.69, 9.17) is 0 Å². The van der Waals surface area contributed by atoms with Crippen LogP contribution in [0.5, 0.6) is 0 Å². The lowest BCUT2D eigenvalue weighted by molar-refractivity contribution is -0.139. The first-order chi connectivity index (χ1) is 11.5. The molecule has 0 radical (unpaired) electrons. The number of hydrogen-bond acceptors (Lipinski definition) is 3. The van der Waals surface area contributed by atoms with Crippen LogP contribution in [-0.4, -0.2) is 30.6 Å². The molecule has 1 amide bonds. The van der Waals surface area contributed by atoms with E-state index in [1.165, 1.54) is 0 Å². The quantitative estimate of drug-likeness (QED) is 0.820. The van der Waals surface area contributed by atoms with Crippen molar-refractivity contribution < 1.29 is 14.7 Å². The Hall–Kier alpha value is -2.82. The topological polar surface area (TPSA) is 69.6 Å². The van der Waals surface area contributed by atoms with Crippen LogP contribution in [0.25, 0.3) is 0 Å². The largest absolute Gasteiger partial charge is 0.479 e. The van der Waals surface area contributed by atoms with E-state index in [0.717, 1.165) is 18.7 Å². The molecule has 0 heterocycles. The summed E-state index contributed by atoms with van der Waals surface area (Å²) in [6.45, 7) is 3.04. The van der Waals surface area contributed by atoms with E-state index in [2.05, 4.69) is 17.1 Å². The van der Waals surface area contributed by atoms with Gasteiger partial charge in [-0.3, -0.25) is 4.79 Å². The maximum Gasteiger partial charge on any atom is 0.330 e. The molecule has 2 aromatic carbocycles. The summed E-state index contributed by atoms with van der Waals surface area (Å²) in [4.78, 5) is 25.9. The Morgan fingerprint density at radius 3 is 2.25 bits per heavy atom. The van der Waals surface area contributed by atoms with Crippen molar-refractivity contribution in [2.24, 2.45) is 0 Å². The number of carboxylic acids is 1. The number of benzene rings is 2. The summed E-state index contributed by atoms with van der Waals surface area (Å²) in [5.74, 6) is -1.50. The van der Waals surface area contributed by atoms with E-state index in [1.54, 1.807) is 42.5 Å². The van der Waals surface area contributed by atoms with Gasteiger partial charge in [0.2, 0.25) is 0 Å². The van der Waals surface area contributed by atoms with Crippen molar-refractivity contribution in [1.82, 2.24) is 5.32 Å². The molecule has 5 nitrogen and oxygen atoms in total. The molecule has 1 atom stereocenters. The Bertz CT molecular complexity index is 684. The first-order valence-electron chi connectivity index (χ1n) is 7.92. The van der Waals surface area contributed by atoms with Crippen molar-refractivity contribution >= 4 is 17.6 Å². The van der Waals surface area contributed by atoms with Gasteiger partial charge < -0.3 is 15.3 Å². The Labute approximate surface area is 141 Å².